The summed E-state index contributed by atoms with van der Waals surface area (Å²) in [6.07, 6.45) is 6.30. The zero-order valence-electron chi connectivity index (χ0n) is 21.0. The van der Waals surface area contributed by atoms with Gasteiger partial charge >= 0.3 is 6.09 Å². The van der Waals surface area contributed by atoms with Crippen molar-refractivity contribution in [3.05, 3.63) is 54.1 Å². The SMILES string of the molecule is CN(C(=O)OCC(C1CCOC1)N1Cc2cc(Oc3ccccc3)ccc2N=C1N)C1CCCCC1. The van der Waals surface area contributed by atoms with E-state index in [0.29, 0.717) is 25.7 Å². The summed E-state index contributed by atoms with van der Waals surface area (Å²) in [5.41, 5.74) is 8.31. The van der Waals surface area contributed by atoms with Crippen LogP contribution in [-0.2, 0) is 16.0 Å². The molecule has 1 saturated heterocycles. The highest BCUT2D eigenvalue weighted by atomic mass is 16.6. The first kappa shape index (κ1) is 24.4. The van der Waals surface area contributed by atoms with E-state index in [-0.39, 0.29) is 30.7 Å². The van der Waals surface area contributed by atoms with Crippen molar-refractivity contribution >= 4 is 17.7 Å². The summed E-state index contributed by atoms with van der Waals surface area (Å²) in [6, 6.07) is 15.7. The van der Waals surface area contributed by atoms with Gasteiger partial charge in [0.05, 0.1) is 18.3 Å². The molecule has 2 heterocycles. The molecule has 0 spiro atoms. The third-order valence-electron chi connectivity index (χ3n) is 7.60. The van der Waals surface area contributed by atoms with Crippen LogP contribution in [0.15, 0.2) is 53.5 Å². The molecule has 1 aliphatic carbocycles. The Morgan fingerprint density at radius 1 is 1.14 bits per heavy atom. The van der Waals surface area contributed by atoms with Crippen LogP contribution in [0.1, 0.15) is 44.1 Å². The number of amides is 1. The lowest BCUT2D eigenvalue weighted by Crippen LogP contribution is -2.52. The number of aliphatic imine (C=N–C) groups is 1. The molecule has 2 N–H and O–H groups in total. The number of hydrogen-bond donors (Lipinski definition) is 1. The summed E-state index contributed by atoms with van der Waals surface area (Å²) in [5.74, 6) is 2.17. The maximum absolute atomic E-state index is 12.9. The van der Waals surface area contributed by atoms with Gasteiger partial charge in [-0.25, -0.2) is 9.79 Å². The van der Waals surface area contributed by atoms with E-state index in [9.17, 15) is 4.79 Å². The highest BCUT2D eigenvalue weighted by Crippen LogP contribution is 2.34. The fourth-order valence-electron chi connectivity index (χ4n) is 5.44. The molecule has 0 aromatic heterocycles. The molecule has 2 aliphatic heterocycles. The lowest BCUT2D eigenvalue weighted by molar-refractivity contribution is 0.0522. The van der Waals surface area contributed by atoms with Crippen LogP contribution >= 0.6 is 0 Å². The van der Waals surface area contributed by atoms with Crippen LogP contribution < -0.4 is 10.5 Å². The average molecular weight is 493 g/mol. The van der Waals surface area contributed by atoms with Gasteiger partial charge in [-0.05, 0) is 49.6 Å². The number of nitrogens with zero attached hydrogens (tertiary/aromatic N) is 3. The summed E-state index contributed by atoms with van der Waals surface area (Å²) in [6.45, 7) is 2.13. The first-order chi connectivity index (χ1) is 17.6. The van der Waals surface area contributed by atoms with Gasteiger partial charge in [0.1, 0.15) is 18.1 Å². The molecule has 2 aromatic carbocycles. The summed E-state index contributed by atoms with van der Waals surface area (Å²) in [4.78, 5) is 21.4. The van der Waals surface area contributed by atoms with Crippen LogP contribution in [0.25, 0.3) is 0 Å². The van der Waals surface area contributed by atoms with E-state index in [2.05, 4.69) is 9.89 Å². The second-order valence-electron chi connectivity index (χ2n) is 9.97. The van der Waals surface area contributed by atoms with Gasteiger partial charge in [0.15, 0.2) is 5.96 Å². The Kier molecular flexibility index (Phi) is 7.60. The lowest BCUT2D eigenvalue weighted by Gasteiger charge is -2.38. The largest absolute Gasteiger partial charge is 0.457 e. The number of ether oxygens (including phenoxy) is 3. The van der Waals surface area contributed by atoms with Gasteiger partial charge in [-0.1, -0.05) is 37.5 Å². The molecule has 2 atom stereocenters. The van der Waals surface area contributed by atoms with Gasteiger partial charge in [-0.2, -0.15) is 0 Å². The zero-order chi connectivity index (χ0) is 24.9. The molecule has 2 unspecified atom stereocenters. The van der Waals surface area contributed by atoms with Gasteiger partial charge in [-0.15, -0.1) is 0 Å². The topological polar surface area (TPSA) is 89.6 Å². The summed E-state index contributed by atoms with van der Waals surface area (Å²) < 4.78 is 17.6. The molecule has 36 heavy (non-hydrogen) atoms. The molecule has 8 nitrogen and oxygen atoms in total. The van der Waals surface area contributed by atoms with Crippen LogP contribution in [0.4, 0.5) is 10.5 Å². The van der Waals surface area contributed by atoms with Crippen molar-refractivity contribution < 1.29 is 19.0 Å². The maximum atomic E-state index is 12.9. The number of rotatable bonds is 7. The molecule has 0 radical (unpaired) electrons. The molecule has 3 aliphatic rings. The maximum Gasteiger partial charge on any atom is 0.409 e. The molecule has 192 valence electrons. The monoisotopic (exact) mass is 492 g/mol. The second-order valence-corrected chi connectivity index (χ2v) is 9.97. The number of hydrogen-bond acceptors (Lipinski definition) is 7. The van der Waals surface area contributed by atoms with E-state index in [0.717, 1.165) is 42.0 Å². The van der Waals surface area contributed by atoms with Crippen LogP contribution in [0.3, 0.4) is 0 Å². The van der Waals surface area contributed by atoms with Crippen molar-refractivity contribution in [1.82, 2.24) is 9.80 Å². The number of para-hydroxylation sites is 1. The quantitative estimate of drug-likeness (QED) is 0.582. The Balaban J connectivity index is 1.30. The Morgan fingerprint density at radius 2 is 1.94 bits per heavy atom. The zero-order valence-corrected chi connectivity index (χ0v) is 21.0. The van der Waals surface area contributed by atoms with E-state index >= 15 is 0 Å². The molecular weight excluding hydrogens is 456 g/mol. The van der Waals surface area contributed by atoms with Crippen molar-refractivity contribution in [2.45, 2.75) is 57.2 Å². The number of carbonyl (C=O) groups is 1. The van der Waals surface area contributed by atoms with E-state index in [1.165, 1.54) is 19.3 Å². The molecule has 8 heteroatoms. The smallest absolute Gasteiger partial charge is 0.409 e. The molecule has 2 fully saturated rings. The Morgan fingerprint density at radius 3 is 2.69 bits per heavy atom. The van der Waals surface area contributed by atoms with Gasteiger partial charge in [0.2, 0.25) is 0 Å². The van der Waals surface area contributed by atoms with E-state index in [1.807, 2.05) is 55.6 Å². The summed E-state index contributed by atoms with van der Waals surface area (Å²) in [5, 5.41) is 0. The fraction of sp³-hybridized carbons (Fsp3) is 0.500. The van der Waals surface area contributed by atoms with Crippen LogP contribution in [0, 0.1) is 5.92 Å². The van der Waals surface area contributed by atoms with E-state index in [1.54, 1.807) is 4.90 Å². The van der Waals surface area contributed by atoms with Gasteiger partial charge in [0, 0.05) is 37.7 Å². The first-order valence-electron chi connectivity index (χ1n) is 13.0. The minimum atomic E-state index is -0.266. The first-order valence-corrected chi connectivity index (χ1v) is 13.0. The van der Waals surface area contributed by atoms with Crippen molar-refractivity contribution in [3.8, 4) is 11.5 Å². The number of fused-ring (bicyclic) bond motifs is 1. The second kappa shape index (κ2) is 11.2. The van der Waals surface area contributed by atoms with Crippen molar-refractivity contribution in [2.24, 2.45) is 16.6 Å². The predicted octanol–water partition coefficient (Wildman–Crippen LogP) is 5.05. The highest BCUT2D eigenvalue weighted by Gasteiger charge is 2.35. The molecule has 1 saturated carbocycles. The van der Waals surface area contributed by atoms with Crippen LogP contribution in [0.2, 0.25) is 0 Å². The normalized spacial score (nSPS) is 20.9. The Labute approximate surface area is 213 Å². The summed E-state index contributed by atoms with van der Waals surface area (Å²) in [7, 11) is 1.85. The Hall–Kier alpha value is -3.26. The number of carbonyl (C=O) groups excluding carboxylic acids is 1. The van der Waals surface area contributed by atoms with E-state index in [4.69, 9.17) is 19.9 Å². The number of guanidine groups is 1. The van der Waals surface area contributed by atoms with Crippen molar-refractivity contribution in [2.75, 3.05) is 26.9 Å². The predicted molar refractivity (Wildman–Crippen MR) is 138 cm³/mol. The molecule has 0 bridgehead atoms. The fourth-order valence-corrected chi connectivity index (χ4v) is 5.44. The third kappa shape index (κ3) is 5.59. The molecule has 2 aromatic rings. The van der Waals surface area contributed by atoms with Crippen molar-refractivity contribution in [3.63, 3.8) is 0 Å². The number of benzene rings is 2. The van der Waals surface area contributed by atoms with Crippen LogP contribution in [-0.4, -0.2) is 60.8 Å². The minimum absolute atomic E-state index is 0.119. The highest BCUT2D eigenvalue weighted by molar-refractivity contribution is 5.84. The molecule has 1 amide bonds. The average Bonchev–Trinajstić information content (AvgIpc) is 3.44. The van der Waals surface area contributed by atoms with Gasteiger partial charge in [-0.3, -0.25) is 0 Å². The summed E-state index contributed by atoms with van der Waals surface area (Å²) >= 11 is 0. The van der Waals surface area contributed by atoms with E-state index < -0.39 is 0 Å². The minimum Gasteiger partial charge on any atom is -0.457 e. The lowest BCUT2D eigenvalue weighted by atomic mass is 9.95. The molecular formula is C28H36N4O4. The van der Waals surface area contributed by atoms with Gasteiger partial charge < -0.3 is 29.7 Å². The number of nitrogens with two attached hydrogens (primary N) is 1. The van der Waals surface area contributed by atoms with Gasteiger partial charge in [0.25, 0.3) is 0 Å². The standard InChI is InChI=1S/C28H36N4O4/c1-31(22-8-4-2-5-9-22)28(33)35-19-26(20-14-15-34-18-20)32-17-21-16-24(12-13-25(21)30-27(32)29)36-23-10-6-3-7-11-23/h3,6-7,10-13,16,20,22,26H,2,4-5,8-9,14-15,17-19H2,1H3,(H2,29,30). The van der Waals surface area contributed by atoms with Crippen molar-refractivity contribution in [1.29, 1.82) is 0 Å². The molecule has 5 rings (SSSR count). The Bertz CT molecular complexity index is 1060. The third-order valence-corrected chi connectivity index (χ3v) is 7.60. The van der Waals surface area contributed by atoms with Crippen LogP contribution in [0.5, 0.6) is 11.5 Å².